The van der Waals surface area contributed by atoms with Crippen LogP contribution in [-0.4, -0.2) is 52.1 Å². The molecule has 1 aliphatic carbocycles. The van der Waals surface area contributed by atoms with Crippen molar-refractivity contribution < 1.29 is 28.2 Å². The van der Waals surface area contributed by atoms with Crippen LogP contribution in [-0.2, 0) is 11.3 Å². The first-order chi connectivity index (χ1) is 20.4. The summed E-state index contributed by atoms with van der Waals surface area (Å²) in [4.78, 5) is 41.9. The van der Waals surface area contributed by atoms with E-state index < -0.39 is 23.5 Å². The third-order valence-electron chi connectivity index (χ3n) is 7.18. The number of ether oxygens (including phenoxy) is 3. The summed E-state index contributed by atoms with van der Waals surface area (Å²) in [6, 6.07) is 16.8. The summed E-state index contributed by atoms with van der Waals surface area (Å²) in [7, 11) is 2.77. The van der Waals surface area contributed by atoms with Crippen molar-refractivity contribution in [2.24, 2.45) is 0 Å². The second-order valence-electron chi connectivity index (χ2n) is 9.77. The van der Waals surface area contributed by atoms with Crippen LogP contribution in [0.15, 0.2) is 71.5 Å². The summed E-state index contributed by atoms with van der Waals surface area (Å²) >= 11 is 0. The van der Waals surface area contributed by atoms with Crippen molar-refractivity contribution in [3.05, 3.63) is 94.2 Å². The third kappa shape index (κ3) is 5.73. The maximum Gasteiger partial charge on any atom is 0.377 e. The van der Waals surface area contributed by atoms with Gasteiger partial charge in [0.2, 0.25) is 0 Å². The van der Waals surface area contributed by atoms with Crippen LogP contribution >= 0.6 is 0 Å². The number of halogens is 1. The van der Waals surface area contributed by atoms with Gasteiger partial charge < -0.3 is 14.2 Å². The number of nitrogens with zero attached hydrogens (tertiary/aromatic N) is 5. The zero-order valence-electron chi connectivity index (χ0n) is 23.2. The number of benzene rings is 3. The van der Waals surface area contributed by atoms with E-state index in [2.05, 4.69) is 10.4 Å². The summed E-state index contributed by atoms with van der Waals surface area (Å²) in [6.45, 7) is 0.0737. The number of esters is 1. The SMILES string of the molecule is COc1ccc(C(=O)OCc2ccccc2)cc1N(C(=O)n1nnn(-c2c(F)cccc2OC)c1=O)C1CCCCC1. The topological polar surface area (TPSA) is 118 Å². The summed E-state index contributed by atoms with van der Waals surface area (Å²) in [5, 5.41) is 7.58. The molecule has 1 heterocycles. The lowest BCUT2D eigenvalue weighted by atomic mass is 9.93. The lowest BCUT2D eigenvalue weighted by molar-refractivity contribution is 0.0472. The molecular weight excluding hydrogens is 545 g/mol. The Balaban J connectivity index is 1.53. The minimum atomic E-state index is -0.985. The van der Waals surface area contributed by atoms with E-state index in [1.807, 2.05) is 30.3 Å². The van der Waals surface area contributed by atoms with Gasteiger partial charge in [-0.25, -0.2) is 18.8 Å². The Morgan fingerprint density at radius 2 is 1.67 bits per heavy atom. The van der Waals surface area contributed by atoms with Crippen molar-refractivity contribution in [1.82, 2.24) is 19.8 Å². The Hall–Kier alpha value is -5.00. The number of anilines is 1. The van der Waals surface area contributed by atoms with Crippen LogP contribution in [0.1, 0.15) is 48.0 Å². The van der Waals surface area contributed by atoms with Crippen LogP contribution < -0.4 is 20.1 Å². The van der Waals surface area contributed by atoms with Gasteiger partial charge in [0.15, 0.2) is 5.82 Å². The minimum Gasteiger partial charge on any atom is -0.495 e. The van der Waals surface area contributed by atoms with Gasteiger partial charge in [0.25, 0.3) is 0 Å². The van der Waals surface area contributed by atoms with Crippen LogP contribution in [0.3, 0.4) is 0 Å². The monoisotopic (exact) mass is 575 g/mol. The highest BCUT2D eigenvalue weighted by atomic mass is 19.1. The molecule has 1 aromatic heterocycles. The summed E-state index contributed by atoms with van der Waals surface area (Å²) in [6.07, 6.45) is 4.04. The molecule has 0 aliphatic heterocycles. The lowest BCUT2D eigenvalue weighted by Crippen LogP contribution is -2.47. The predicted molar refractivity (Wildman–Crippen MR) is 151 cm³/mol. The average molecular weight is 576 g/mol. The Kier molecular flexibility index (Phi) is 8.60. The van der Waals surface area contributed by atoms with E-state index in [1.54, 1.807) is 12.1 Å². The smallest absolute Gasteiger partial charge is 0.377 e. The van der Waals surface area contributed by atoms with E-state index in [-0.39, 0.29) is 35.3 Å². The summed E-state index contributed by atoms with van der Waals surface area (Å²) in [5.41, 5.74) is 0.0408. The first-order valence-corrected chi connectivity index (χ1v) is 13.5. The molecule has 0 spiro atoms. The van der Waals surface area contributed by atoms with Crippen LogP contribution in [0.5, 0.6) is 11.5 Å². The predicted octanol–water partition coefficient (Wildman–Crippen LogP) is 4.75. The van der Waals surface area contributed by atoms with Crippen molar-refractivity contribution in [3.8, 4) is 17.2 Å². The van der Waals surface area contributed by atoms with Crippen molar-refractivity contribution in [1.29, 1.82) is 0 Å². The molecule has 3 aromatic carbocycles. The molecule has 1 amide bonds. The molecule has 5 rings (SSSR count). The molecule has 0 atom stereocenters. The highest BCUT2D eigenvalue weighted by molar-refractivity contribution is 5.98. The second-order valence-corrected chi connectivity index (χ2v) is 9.77. The highest BCUT2D eigenvalue weighted by Crippen LogP contribution is 2.35. The molecule has 0 saturated heterocycles. The second kappa shape index (κ2) is 12.7. The molecule has 4 aromatic rings. The Morgan fingerprint density at radius 3 is 2.38 bits per heavy atom. The number of methoxy groups -OCH3 is 2. The number of carbonyl (C=O) groups is 2. The molecule has 218 valence electrons. The number of hydrogen-bond acceptors (Lipinski definition) is 8. The molecule has 0 N–H and O–H groups in total. The molecule has 0 bridgehead atoms. The molecule has 0 radical (unpaired) electrons. The van der Waals surface area contributed by atoms with E-state index >= 15 is 0 Å². The first kappa shape index (κ1) is 28.5. The largest absolute Gasteiger partial charge is 0.495 e. The first-order valence-electron chi connectivity index (χ1n) is 13.5. The van der Waals surface area contributed by atoms with Crippen LogP contribution in [0.25, 0.3) is 5.69 Å². The van der Waals surface area contributed by atoms with Gasteiger partial charge in [-0.3, -0.25) is 4.90 Å². The summed E-state index contributed by atoms with van der Waals surface area (Å²) < 4.78 is 32.3. The normalized spacial score (nSPS) is 13.4. The maximum atomic E-state index is 14.7. The van der Waals surface area contributed by atoms with Crippen molar-refractivity contribution in [2.45, 2.75) is 44.8 Å². The van der Waals surface area contributed by atoms with E-state index in [4.69, 9.17) is 14.2 Å². The van der Waals surface area contributed by atoms with E-state index in [0.29, 0.717) is 28.0 Å². The Morgan fingerprint density at radius 1 is 0.929 bits per heavy atom. The highest BCUT2D eigenvalue weighted by Gasteiger charge is 2.33. The Labute approximate surface area is 241 Å². The van der Waals surface area contributed by atoms with Gasteiger partial charge in [-0.1, -0.05) is 55.7 Å². The number of hydrogen-bond donors (Lipinski definition) is 0. The number of rotatable bonds is 8. The van der Waals surface area contributed by atoms with Crippen LogP contribution in [0.4, 0.5) is 14.9 Å². The van der Waals surface area contributed by atoms with Gasteiger partial charge >= 0.3 is 17.7 Å². The number of para-hydroxylation sites is 1. The van der Waals surface area contributed by atoms with Crippen LogP contribution in [0, 0.1) is 5.82 Å². The fraction of sp³-hybridized carbons (Fsp3) is 0.300. The Bertz CT molecular complexity index is 1630. The molecule has 42 heavy (non-hydrogen) atoms. The van der Waals surface area contributed by atoms with Gasteiger partial charge in [-0.2, -0.15) is 4.68 Å². The van der Waals surface area contributed by atoms with Gasteiger partial charge in [-0.15, -0.1) is 4.68 Å². The minimum absolute atomic E-state index is 0.0455. The van der Waals surface area contributed by atoms with Gasteiger partial charge in [0.1, 0.15) is 23.8 Å². The van der Waals surface area contributed by atoms with Crippen molar-refractivity contribution >= 4 is 17.7 Å². The molecule has 11 nitrogen and oxygen atoms in total. The molecule has 1 saturated carbocycles. The summed E-state index contributed by atoms with van der Waals surface area (Å²) in [5.74, 6) is -1.01. The average Bonchev–Trinajstić information content (AvgIpc) is 3.41. The quantitative estimate of drug-likeness (QED) is 0.218. The number of carbonyl (C=O) groups excluding carboxylic acids is 2. The fourth-order valence-electron chi connectivity index (χ4n) is 5.08. The van der Waals surface area contributed by atoms with Crippen LogP contribution in [0.2, 0.25) is 0 Å². The molecule has 0 unspecified atom stereocenters. The van der Waals surface area contributed by atoms with E-state index in [0.717, 1.165) is 30.9 Å². The zero-order valence-corrected chi connectivity index (χ0v) is 23.2. The molecular formula is C30H30FN5O6. The van der Waals surface area contributed by atoms with E-state index in [9.17, 15) is 18.8 Å². The third-order valence-corrected chi connectivity index (χ3v) is 7.18. The molecule has 1 fully saturated rings. The molecule has 1 aliphatic rings. The zero-order chi connectivity index (χ0) is 29.6. The maximum absolute atomic E-state index is 14.7. The van der Waals surface area contributed by atoms with Gasteiger partial charge in [-0.05, 0) is 59.2 Å². The number of amides is 1. The van der Waals surface area contributed by atoms with E-state index in [1.165, 1.54) is 37.3 Å². The van der Waals surface area contributed by atoms with Crippen molar-refractivity contribution in [3.63, 3.8) is 0 Å². The molecule has 12 heteroatoms. The number of tetrazole rings is 1. The standard InChI is InChI=1S/C30H30FN5O6/c1-40-25-17-16-21(28(37)42-19-20-10-5-3-6-11-20)18-24(25)34(22-12-7-4-8-13-22)29(38)36-30(39)35(32-33-36)27-23(31)14-9-15-26(27)41-2/h3,5-6,9-11,14-18,22H,4,7-8,12-13,19H2,1-2H3. The lowest BCUT2D eigenvalue weighted by Gasteiger charge is -2.34. The van der Waals surface area contributed by atoms with Gasteiger partial charge in [0, 0.05) is 6.04 Å². The fourth-order valence-corrected chi connectivity index (χ4v) is 5.08. The van der Waals surface area contributed by atoms with Crippen molar-refractivity contribution in [2.75, 3.05) is 19.1 Å². The number of aromatic nitrogens is 4. The van der Waals surface area contributed by atoms with Gasteiger partial charge in [0.05, 0.1) is 25.5 Å².